The molecule has 1 aromatic heterocycles. The SMILES string of the molecule is Cc1cccc(Cc2nc(CO)nn2-c2ccc(S(=O)(=O)N=CN(C)C)cc2F)c1. The molecule has 0 saturated heterocycles. The van der Waals surface area contributed by atoms with E-state index in [2.05, 4.69) is 14.5 Å². The van der Waals surface area contributed by atoms with E-state index in [1.165, 1.54) is 21.7 Å². The summed E-state index contributed by atoms with van der Waals surface area (Å²) in [5, 5.41) is 13.6. The van der Waals surface area contributed by atoms with Gasteiger partial charge in [-0.05, 0) is 30.7 Å². The first-order valence-electron chi connectivity index (χ1n) is 9.07. The normalized spacial score (nSPS) is 11.9. The van der Waals surface area contributed by atoms with Gasteiger partial charge in [0.2, 0.25) is 0 Å². The van der Waals surface area contributed by atoms with Crippen LogP contribution < -0.4 is 0 Å². The molecule has 0 spiro atoms. The molecule has 3 rings (SSSR count). The number of aliphatic hydroxyl groups excluding tert-OH is 1. The average molecular weight is 431 g/mol. The summed E-state index contributed by atoms with van der Waals surface area (Å²) in [7, 11) is -0.783. The summed E-state index contributed by atoms with van der Waals surface area (Å²) in [6.45, 7) is 1.56. The number of rotatable bonds is 7. The third-order valence-electron chi connectivity index (χ3n) is 4.17. The van der Waals surface area contributed by atoms with E-state index in [9.17, 15) is 17.9 Å². The Labute approximate surface area is 174 Å². The Balaban J connectivity index is 2.00. The highest BCUT2D eigenvalue weighted by Crippen LogP contribution is 2.22. The number of hydrogen-bond donors (Lipinski definition) is 1. The van der Waals surface area contributed by atoms with Gasteiger partial charge in [0.15, 0.2) is 5.82 Å². The predicted octanol–water partition coefficient (Wildman–Crippen LogP) is 2.08. The van der Waals surface area contributed by atoms with Gasteiger partial charge in [-0.1, -0.05) is 29.8 Å². The number of aliphatic hydroxyl groups is 1. The van der Waals surface area contributed by atoms with E-state index in [-0.39, 0.29) is 16.4 Å². The second kappa shape index (κ2) is 8.72. The lowest BCUT2D eigenvalue weighted by molar-refractivity contribution is 0.271. The molecule has 1 N–H and O–H groups in total. The summed E-state index contributed by atoms with van der Waals surface area (Å²) in [5.41, 5.74) is 2.05. The van der Waals surface area contributed by atoms with Crippen molar-refractivity contribution < 1.29 is 17.9 Å². The number of hydrogen-bond acceptors (Lipinski definition) is 5. The first-order valence-corrected chi connectivity index (χ1v) is 10.5. The van der Waals surface area contributed by atoms with E-state index in [0.29, 0.717) is 12.2 Å². The molecule has 0 radical (unpaired) electrons. The Hall–Kier alpha value is -3.11. The van der Waals surface area contributed by atoms with Crippen molar-refractivity contribution in [2.75, 3.05) is 14.1 Å². The number of benzene rings is 2. The van der Waals surface area contributed by atoms with Gasteiger partial charge in [-0.2, -0.15) is 8.42 Å². The number of aryl methyl sites for hydroxylation is 1. The van der Waals surface area contributed by atoms with Crippen molar-refractivity contribution in [1.82, 2.24) is 19.7 Å². The lowest BCUT2D eigenvalue weighted by Crippen LogP contribution is -2.11. The molecule has 10 heteroatoms. The quantitative estimate of drug-likeness (QED) is 0.454. The van der Waals surface area contributed by atoms with Gasteiger partial charge in [0, 0.05) is 20.5 Å². The van der Waals surface area contributed by atoms with E-state index < -0.39 is 22.4 Å². The molecule has 2 aromatic carbocycles. The Bertz CT molecular complexity index is 1190. The third-order valence-corrected chi connectivity index (χ3v) is 5.39. The molecular weight excluding hydrogens is 409 g/mol. The van der Waals surface area contributed by atoms with Crippen LogP contribution in [0.25, 0.3) is 5.69 Å². The summed E-state index contributed by atoms with van der Waals surface area (Å²) in [6.07, 6.45) is 1.49. The van der Waals surface area contributed by atoms with Crippen LogP contribution in [0.1, 0.15) is 22.8 Å². The number of halogens is 1. The average Bonchev–Trinajstić information content (AvgIpc) is 3.09. The minimum absolute atomic E-state index is 0.0281. The van der Waals surface area contributed by atoms with E-state index in [0.717, 1.165) is 23.5 Å². The Kier molecular flexibility index (Phi) is 6.28. The highest BCUT2D eigenvalue weighted by molar-refractivity contribution is 7.90. The van der Waals surface area contributed by atoms with Crippen LogP contribution in [0.4, 0.5) is 4.39 Å². The van der Waals surface area contributed by atoms with E-state index >= 15 is 0 Å². The molecule has 0 aliphatic rings. The van der Waals surface area contributed by atoms with Crippen LogP contribution in [0.2, 0.25) is 0 Å². The first kappa shape index (κ1) is 21.6. The van der Waals surface area contributed by atoms with Crippen molar-refractivity contribution in [2.45, 2.75) is 24.8 Å². The zero-order valence-electron chi connectivity index (χ0n) is 16.8. The molecule has 0 amide bonds. The van der Waals surface area contributed by atoms with Crippen molar-refractivity contribution in [3.05, 3.63) is 71.1 Å². The van der Waals surface area contributed by atoms with Crippen molar-refractivity contribution >= 4 is 16.4 Å². The molecule has 1 heterocycles. The Morgan fingerprint density at radius 2 is 2.00 bits per heavy atom. The molecule has 0 atom stereocenters. The molecule has 3 aromatic rings. The maximum absolute atomic E-state index is 14.9. The molecular formula is C20H22FN5O3S. The Morgan fingerprint density at radius 3 is 2.63 bits per heavy atom. The Morgan fingerprint density at radius 1 is 1.23 bits per heavy atom. The van der Waals surface area contributed by atoms with Crippen molar-refractivity contribution in [3.63, 3.8) is 0 Å². The van der Waals surface area contributed by atoms with Gasteiger partial charge in [-0.15, -0.1) is 9.50 Å². The molecule has 0 saturated carbocycles. The number of nitrogens with zero attached hydrogens (tertiary/aromatic N) is 5. The van der Waals surface area contributed by atoms with Gasteiger partial charge in [-0.3, -0.25) is 0 Å². The summed E-state index contributed by atoms with van der Waals surface area (Å²) >= 11 is 0. The van der Waals surface area contributed by atoms with E-state index in [1.807, 2.05) is 31.2 Å². The third kappa shape index (κ3) is 4.89. The lowest BCUT2D eigenvalue weighted by atomic mass is 10.1. The largest absolute Gasteiger partial charge is 0.388 e. The predicted molar refractivity (Wildman–Crippen MR) is 111 cm³/mol. The maximum Gasteiger partial charge on any atom is 0.283 e. The van der Waals surface area contributed by atoms with E-state index in [1.54, 1.807) is 14.1 Å². The highest BCUT2D eigenvalue weighted by atomic mass is 32.2. The van der Waals surface area contributed by atoms with E-state index in [4.69, 9.17) is 0 Å². The smallest absolute Gasteiger partial charge is 0.283 e. The zero-order chi connectivity index (χ0) is 21.9. The molecule has 0 aliphatic carbocycles. The maximum atomic E-state index is 14.9. The van der Waals surface area contributed by atoms with Crippen molar-refractivity contribution in [1.29, 1.82) is 0 Å². The monoisotopic (exact) mass is 431 g/mol. The fourth-order valence-electron chi connectivity index (χ4n) is 2.81. The van der Waals surface area contributed by atoms with Gasteiger partial charge in [0.05, 0.1) is 4.90 Å². The van der Waals surface area contributed by atoms with Gasteiger partial charge >= 0.3 is 0 Å². The van der Waals surface area contributed by atoms with Crippen LogP contribution in [0.15, 0.2) is 51.8 Å². The van der Waals surface area contributed by atoms with Crippen LogP contribution in [0.5, 0.6) is 0 Å². The van der Waals surface area contributed by atoms with Crippen LogP contribution in [0.3, 0.4) is 0 Å². The summed E-state index contributed by atoms with van der Waals surface area (Å²) < 4.78 is 44.2. The summed E-state index contributed by atoms with van der Waals surface area (Å²) in [5.74, 6) is -0.231. The van der Waals surface area contributed by atoms with Crippen molar-refractivity contribution in [2.24, 2.45) is 4.40 Å². The highest BCUT2D eigenvalue weighted by Gasteiger charge is 2.19. The standard InChI is InChI=1S/C20H22FN5O3S/c1-14-5-4-6-15(9-14)10-20-23-19(12-27)24-26(20)18-8-7-16(11-17(18)21)30(28,29)22-13-25(2)3/h4-9,11,13,27H,10,12H2,1-3H3. The molecule has 0 bridgehead atoms. The zero-order valence-corrected chi connectivity index (χ0v) is 17.6. The summed E-state index contributed by atoms with van der Waals surface area (Å²) in [6, 6.07) is 11.2. The van der Waals surface area contributed by atoms with Crippen molar-refractivity contribution in [3.8, 4) is 5.69 Å². The van der Waals surface area contributed by atoms with Gasteiger partial charge in [-0.25, -0.2) is 14.1 Å². The molecule has 158 valence electrons. The van der Waals surface area contributed by atoms with Gasteiger partial charge in [0.1, 0.15) is 30.3 Å². The topological polar surface area (TPSA) is 101 Å². The second-order valence-corrected chi connectivity index (χ2v) is 8.59. The molecule has 0 unspecified atom stereocenters. The van der Waals surface area contributed by atoms with Crippen LogP contribution >= 0.6 is 0 Å². The van der Waals surface area contributed by atoms with Crippen LogP contribution in [-0.4, -0.2) is 53.6 Å². The summed E-state index contributed by atoms with van der Waals surface area (Å²) in [4.78, 5) is 5.47. The fraction of sp³-hybridized carbons (Fsp3) is 0.250. The molecule has 0 fully saturated rings. The fourth-order valence-corrected chi connectivity index (χ4v) is 3.73. The van der Waals surface area contributed by atoms with Crippen LogP contribution in [-0.2, 0) is 23.1 Å². The second-order valence-electron chi connectivity index (χ2n) is 6.95. The molecule has 30 heavy (non-hydrogen) atoms. The number of sulfonamides is 1. The minimum Gasteiger partial charge on any atom is -0.388 e. The van der Waals surface area contributed by atoms with Crippen LogP contribution in [0, 0.1) is 12.7 Å². The van der Waals surface area contributed by atoms with Gasteiger partial charge < -0.3 is 10.0 Å². The van der Waals surface area contributed by atoms with Gasteiger partial charge in [0.25, 0.3) is 10.0 Å². The lowest BCUT2D eigenvalue weighted by Gasteiger charge is -2.09. The molecule has 8 nitrogen and oxygen atoms in total. The molecule has 0 aliphatic heterocycles. The minimum atomic E-state index is -4.04. The number of aromatic nitrogens is 3. The first-order chi connectivity index (χ1) is 14.2.